The number of nitrogens with zero attached hydrogens (tertiary/aromatic N) is 4. The Morgan fingerprint density at radius 2 is 1.85 bits per heavy atom. The molecule has 0 bridgehead atoms. The molecule has 1 aromatic carbocycles. The summed E-state index contributed by atoms with van der Waals surface area (Å²) in [6, 6.07) is 9.35. The van der Waals surface area contributed by atoms with Gasteiger partial charge in [0.2, 0.25) is 5.91 Å². The van der Waals surface area contributed by atoms with Crippen molar-refractivity contribution in [2.24, 2.45) is 0 Å². The molecule has 3 heterocycles. The third-order valence-electron chi connectivity index (χ3n) is 5.35. The molecule has 1 amide bonds. The molecule has 0 atom stereocenters. The van der Waals surface area contributed by atoms with Crippen molar-refractivity contribution in [3.05, 3.63) is 65.4 Å². The number of imidazole rings is 1. The molecule has 0 N–H and O–H groups in total. The normalized spacial score (nSPS) is 14.8. The number of hydrogen-bond acceptors (Lipinski definition) is 3. The third kappa shape index (κ3) is 3.52. The van der Waals surface area contributed by atoms with Gasteiger partial charge in [-0.2, -0.15) is 0 Å². The third-order valence-corrected chi connectivity index (χ3v) is 5.35. The van der Waals surface area contributed by atoms with Crippen LogP contribution in [0, 0.1) is 19.7 Å². The Balaban J connectivity index is 1.40. The molecule has 5 nitrogen and oxygen atoms in total. The van der Waals surface area contributed by atoms with Crippen LogP contribution in [0.25, 0.3) is 5.65 Å². The summed E-state index contributed by atoms with van der Waals surface area (Å²) in [6.07, 6.45) is 3.34. The summed E-state index contributed by atoms with van der Waals surface area (Å²) in [7, 11) is 0. The van der Waals surface area contributed by atoms with Crippen molar-refractivity contribution in [1.82, 2.24) is 14.3 Å². The number of halogens is 1. The average molecular weight is 366 g/mol. The lowest BCUT2D eigenvalue weighted by molar-refractivity contribution is -0.130. The Labute approximate surface area is 158 Å². The molecule has 140 valence electrons. The standard InChI is InChI=1S/C21H23FN4O/c1-15-4-3-5-19(16(15)2)24-8-10-25(11-9-24)21(27)12-18-14-26-13-17(22)6-7-20(26)23-18/h3-7,13-14H,8-12H2,1-2H3. The number of carbonyl (C=O) groups is 1. The molecule has 0 aliphatic carbocycles. The van der Waals surface area contributed by atoms with Gasteiger partial charge in [0.1, 0.15) is 11.5 Å². The fraction of sp³-hybridized carbons (Fsp3) is 0.333. The van der Waals surface area contributed by atoms with Gasteiger partial charge in [0.25, 0.3) is 0 Å². The fourth-order valence-corrected chi connectivity index (χ4v) is 3.64. The summed E-state index contributed by atoms with van der Waals surface area (Å²) < 4.78 is 14.9. The molecule has 2 aromatic heterocycles. The molecule has 6 heteroatoms. The van der Waals surface area contributed by atoms with E-state index in [4.69, 9.17) is 0 Å². The van der Waals surface area contributed by atoms with Gasteiger partial charge >= 0.3 is 0 Å². The summed E-state index contributed by atoms with van der Waals surface area (Å²) in [5.74, 6) is -0.250. The van der Waals surface area contributed by atoms with Crippen LogP contribution >= 0.6 is 0 Å². The van der Waals surface area contributed by atoms with E-state index in [0.717, 1.165) is 13.1 Å². The minimum absolute atomic E-state index is 0.0690. The Hall–Kier alpha value is -2.89. The van der Waals surface area contributed by atoms with Gasteiger partial charge in [-0.3, -0.25) is 4.79 Å². The zero-order valence-electron chi connectivity index (χ0n) is 15.7. The van der Waals surface area contributed by atoms with E-state index in [9.17, 15) is 9.18 Å². The first-order chi connectivity index (χ1) is 13.0. The van der Waals surface area contributed by atoms with Crippen LogP contribution in [0.4, 0.5) is 10.1 Å². The highest BCUT2D eigenvalue weighted by Gasteiger charge is 2.23. The van der Waals surface area contributed by atoms with Gasteiger partial charge in [-0.25, -0.2) is 9.37 Å². The van der Waals surface area contributed by atoms with E-state index in [1.807, 2.05) is 4.90 Å². The van der Waals surface area contributed by atoms with E-state index < -0.39 is 0 Å². The molecule has 1 aliphatic heterocycles. The second kappa shape index (κ2) is 7.02. The number of aryl methyl sites for hydroxylation is 1. The van der Waals surface area contributed by atoms with E-state index in [1.165, 1.54) is 29.1 Å². The molecule has 27 heavy (non-hydrogen) atoms. The lowest BCUT2D eigenvalue weighted by atomic mass is 10.1. The second-order valence-electron chi connectivity index (χ2n) is 7.11. The molecule has 4 rings (SSSR count). The maximum atomic E-state index is 13.3. The summed E-state index contributed by atoms with van der Waals surface area (Å²) in [5.41, 5.74) is 5.16. The highest BCUT2D eigenvalue weighted by Crippen LogP contribution is 2.24. The lowest BCUT2D eigenvalue weighted by Gasteiger charge is -2.37. The zero-order chi connectivity index (χ0) is 19.0. The van der Waals surface area contributed by atoms with Crippen molar-refractivity contribution >= 4 is 17.2 Å². The van der Waals surface area contributed by atoms with E-state index in [-0.39, 0.29) is 18.1 Å². The first kappa shape index (κ1) is 17.5. The van der Waals surface area contributed by atoms with E-state index >= 15 is 0 Å². The maximum Gasteiger partial charge on any atom is 0.228 e. The van der Waals surface area contributed by atoms with Crippen LogP contribution in [0.15, 0.2) is 42.7 Å². The van der Waals surface area contributed by atoms with Crippen LogP contribution < -0.4 is 4.90 Å². The van der Waals surface area contributed by atoms with Crippen molar-refractivity contribution in [2.45, 2.75) is 20.3 Å². The van der Waals surface area contributed by atoms with Gasteiger partial charge < -0.3 is 14.2 Å². The molecule has 0 unspecified atom stereocenters. The SMILES string of the molecule is Cc1cccc(N2CCN(C(=O)Cc3cn4cc(F)ccc4n3)CC2)c1C. The molecule has 0 saturated carbocycles. The average Bonchev–Trinajstić information content (AvgIpc) is 3.05. The Kier molecular flexibility index (Phi) is 4.56. The smallest absolute Gasteiger partial charge is 0.228 e. The lowest BCUT2D eigenvalue weighted by Crippen LogP contribution is -2.49. The van der Waals surface area contributed by atoms with E-state index in [0.29, 0.717) is 24.4 Å². The highest BCUT2D eigenvalue weighted by atomic mass is 19.1. The van der Waals surface area contributed by atoms with Crippen molar-refractivity contribution in [3.63, 3.8) is 0 Å². The number of benzene rings is 1. The van der Waals surface area contributed by atoms with Gasteiger partial charge in [-0.05, 0) is 43.2 Å². The van der Waals surface area contributed by atoms with Gasteiger partial charge in [-0.1, -0.05) is 12.1 Å². The van der Waals surface area contributed by atoms with E-state index in [1.54, 1.807) is 16.7 Å². The number of fused-ring (bicyclic) bond motifs is 1. The molecular formula is C21H23FN4O. The monoisotopic (exact) mass is 366 g/mol. The number of amides is 1. The number of piperazine rings is 1. The summed E-state index contributed by atoms with van der Waals surface area (Å²) in [6.45, 7) is 7.33. The predicted molar refractivity (Wildman–Crippen MR) is 104 cm³/mol. The van der Waals surface area contributed by atoms with Crippen LogP contribution in [0.5, 0.6) is 0 Å². The number of rotatable bonds is 3. The Morgan fingerprint density at radius 1 is 1.07 bits per heavy atom. The quantitative estimate of drug-likeness (QED) is 0.716. The van der Waals surface area contributed by atoms with E-state index in [2.05, 4.69) is 41.9 Å². The van der Waals surface area contributed by atoms with Gasteiger partial charge in [0.05, 0.1) is 12.1 Å². The predicted octanol–water partition coefficient (Wildman–Crippen LogP) is 2.98. The minimum Gasteiger partial charge on any atom is -0.368 e. The van der Waals surface area contributed by atoms with Crippen LogP contribution in [0.3, 0.4) is 0 Å². The number of anilines is 1. The molecule has 0 spiro atoms. The second-order valence-corrected chi connectivity index (χ2v) is 7.11. The molecule has 1 aliphatic rings. The molecule has 1 fully saturated rings. The maximum absolute atomic E-state index is 13.3. The van der Waals surface area contributed by atoms with Crippen LogP contribution in [-0.2, 0) is 11.2 Å². The van der Waals surface area contributed by atoms with Crippen LogP contribution in [-0.4, -0.2) is 46.4 Å². The van der Waals surface area contributed by atoms with Crippen molar-refractivity contribution < 1.29 is 9.18 Å². The largest absolute Gasteiger partial charge is 0.368 e. The van der Waals surface area contributed by atoms with Gasteiger partial charge in [0, 0.05) is 44.3 Å². The minimum atomic E-state index is -0.319. The van der Waals surface area contributed by atoms with Crippen LogP contribution in [0.1, 0.15) is 16.8 Å². The molecular weight excluding hydrogens is 343 g/mol. The number of carbonyl (C=O) groups excluding carboxylic acids is 1. The summed E-state index contributed by atoms with van der Waals surface area (Å²) >= 11 is 0. The Morgan fingerprint density at radius 3 is 2.63 bits per heavy atom. The summed E-state index contributed by atoms with van der Waals surface area (Å²) in [4.78, 5) is 21.3. The fourth-order valence-electron chi connectivity index (χ4n) is 3.64. The number of aromatic nitrogens is 2. The zero-order valence-corrected chi connectivity index (χ0v) is 15.7. The molecule has 1 saturated heterocycles. The van der Waals surface area contributed by atoms with Crippen molar-refractivity contribution in [1.29, 1.82) is 0 Å². The Bertz CT molecular complexity index is 989. The first-order valence-electron chi connectivity index (χ1n) is 9.23. The van der Waals surface area contributed by atoms with Crippen LogP contribution in [0.2, 0.25) is 0 Å². The van der Waals surface area contributed by atoms with Gasteiger partial charge in [0.15, 0.2) is 0 Å². The number of hydrogen-bond donors (Lipinski definition) is 0. The van der Waals surface area contributed by atoms with Gasteiger partial charge in [-0.15, -0.1) is 0 Å². The van der Waals surface area contributed by atoms with Crippen molar-refractivity contribution in [3.8, 4) is 0 Å². The highest BCUT2D eigenvalue weighted by molar-refractivity contribution is 5.79. The first-order valence-corrected chi connectivity index (χ1v) is 9.23. The number of pyridine rings is 1. The van der Waals surface area contributed by atoms with Crippen molar-refractivity contribution in [2.75, 3.05) is 31.1 Å². The summed E-state index contributed by atoms with van der Waals surface area (Å²) in [5, 5.41) is 0. The molecule has 3 aromatic rings. The topological polar surface area (TPSA) is 40.9 Å². The molecule has 0 radical (unpaired) electrons.